The summed E-state index contributed by atoms with van der Waals surface area (Å²) in [6, 6.07) is 0. The maximum Gasteiger partial charge on any atom is 0.320 e. The second-order valence-corrected chi connectivity index (χ2v) is 32.6. The van der Waals surface area contributed by atoms with Crippen LogP contribution in [0.5, 0.6) is 0 Å². The molecule has 0 spiro atoms. The van der Waals surface area contributed by atoms with E-state index >= 15 is 0 Å². The maximum atomic E-state index is 13.5. The van der Waals surface area contributed by atoms with E-state index in [0.29, 0.717) is 131 Å². The Labute approximate surface area is 612 Å². The highest BCUT2D eigenvalue weighted by molar-refractivity contribution is 5.74. The summed E-state index contributed by atoms with van der Waals surface area (Å²) in [5.74, 6) is -2.36. The van der Waals surface area contributed by atoms with E-state index in [2.05, 4.69) is 19.6 Å². The van der Waals surface area contributed by atoms with Gasteiger partial charge in [-0.15, -0.1) is 0 Å². The zero-order valence-corrected chi connectivity index (χ0v) is 66.2. The predicted octanol–water partition coefficient (Wildman–Crippen LogP) is 0.857. The second-order valence-electron chi connectivity index (χ2n) is 32.6. The lowest BCUT2D eigenvalue weighted by Crippen LogP contribution is -2.51. The summed E-state index contributed by atoms with van der Waals surface area (Å²) in [7, 11) is 0. The van der Waals surface area contributed by atoms with Crippen molar-refractivity contribution < 1.29 is 96.6 Å². The number of ether oxygens (including phenoxy) is 10. The Morgan fingerprint density at radius 3 is 0.637 bits per heavy atom. The Kier molecular flexibility index (Phi) is 44.7. The van der Waals surface area contributed by atoms with Gasteiger partial charge in [0.2, 0.25) is 0 Å². The number of carbonyl (C=O) groups excluding carboxylic acids is 6. The molecule has 2 rings (SSSR count). The molecule has 2 atom stereocenters. The van der Waals surface area contributed by atoms with E-state index < -0.39 is 69.7 Å². The quantitative estimate of drug-likeness (QED) is 0.0377. The van der Waals surface area contributed by atoms with E-state index in [1.54, 1.807) is 0 Å². The number of esters is 6. The molecular formula is C72H140N10O20. The van der Waals surface area contributed by atoms with Crippen LogP contribution in [0.4, 0.5) is 0 Å². The zero-order valence-electron chi connectivity index (χ0n) is 66.2. The molecule has 0 bridgehead atoms. The van der Waals surface area contributed by atoms with Gasteiger partial charge in [-0.25, -0.2) is 0 Å². The van der Waals surface area contributed by atoms with E-state index in [1.807, 2.05) is 154 Å². The molecule has 0 radical (unpaired) electrons. The van der Waals surface area contributed by atoms with Crippen LogP contribution in [0.1, 0.15) is 125 Å². The summed E-state index contributed by atoms with van der Waals surface area (Å²) in [6.07, 6.45) is -1.83. The molecule has 4 N–H and O–H groups in total. The summed E-state index contributed by atoms with van der Waals surface area (Å²) < 4.78 is 57.7. The van der Waals surface area contributed by atoms with Crippen LogP contribution in [0.3, 0.4) is 0 Å². The Morgan fingerprint density at radius 2 is 0.461 bits per heavy atom. The maximum absolute atomic E-state index is 13.5. The third kappa shape index (κ3) is 52.1. The standard InChI is InChI=1S/C72H140N10O20/c1-67(2,3)97-61(87)53-75-23-19-73(20-24-76(54-62(88)98-68(4,5)6)28-32-79(31-27-75)57-65(91)101-71(13,14)15)49-59(85)51-81(37-41-93-45-47-95-43-39-83)35-36-82(38-42-94-46-48-96-44-40-84)52-60(86)50-74-21-25-77(55-63(89)99-69(7,8)9)29-33-80(58-66(92)102-72(16,17)18)34-30-78(26-22-74)56-64(90)100-70(10,11)12/h59-60,83-86H,19-58H2,1-18H3. The lowest BCUT2D eigenvalue weighted by molar-refractivity contribution is -0.158. The molecule has 598 valence electrons. The number of aliphatic hydroxyl groups excluding tert-OH is 4. The van der Waals surface area contributed by atoms with Gasteiger partial charge in [0.05, 0.1) is 118 Å². The van der Waals surface area contributed by atoms with Gasteiger partial charge in [0.25, 0.3) is 0 Å². The minimum absolute atomic E-state index is 0.00112. The molecule has 30 nitrogen and oxygen atoms in total. The Morgan fingerprint density at radius 1 is 0.284 bits per heavy atom. The van der Waals surface area contributed by atoms with E-state index in [0.717, 1.165) is 0 Å². The summed E-state index contributed by atoms with van der Waals surface area (Å²) in [5, 5.41) is 43.3. The van der Waals surface area contributed by atoms with Gasteiger partial charge in [0.15, 0.2) is 0 Å². The van der Waals surface area contributed by atoms with E-state index in [-0.39, 0.29) is 143 Å². The van der Waals surface area contributed by atoms with Crippen LogP contribution in [0.15, 0.2) is 0 Å². The fourth-order valence-corrected chi connectivity index (χ4v) is 11.1. The first-order valence-electron chi connectivity index (χ1n) is 36.9. The SMILES string of the molecule is CC(C)(C)OC(=O)CN1CCN(CC(=O)OC(C)(C)C)CCN(CC(O)CN(CCOCCOCCO)CCN(CCOCCOCCO)CC(O)CN2CCN(CC(=O)OC(C)(C)C)CCN(CC(=O)OC(C)(C)C)CCN(CC(=O)OC(C)(C)C)CC2)CCN(CC(=O)OC(C)(C)C)CC1. The van der Waals surface area contributed by atoms with Gasteiger partial charge in [0.1, 0.15) is 33.6 Å². The first-order chi connectivity index (χ1) is 47.4. The fourth-order valence-electron chi connectivity index (χ4n) is 11.1. The summed E-state index contributed by atoms with van der Waals surface area (Å²) in [6.45, 7) is 43.6. The van der Waals surface area contributed by atoms with Gasteiger partial charge in [0, 0.05) is 157 Å². The van der Waals surface area contributed by atoms with Crippen molar-refractivity contribution in [1.82, 2.24) is 49.0 Å². The first kappa shape index (κ1) is 94.2. The normalized spacial score (nSPS) is 18.0. The number of β-amino-alcohol motifs (C(OH)–C–C–N with tert-alkyl or cyclic N) is 2. The molecule has 30 heteroatoms. The molecule has 0 aliphatic carbocycles. The van der Waals surface area contributed by atoms with Gasteiger partial charge in [-0.2, -0.15) is 0 Å². The lowest BCUT2D eigenvalue weighted by atomic mass is 10.2. The average molecular weight is 1470 g/mol. The van der Waals surface area contributed by atoms with Gasteiger partial charge in [-0.1, -0.05) is 0 Å². The van der Waals surface area contributed by atoms with E-state index in [1.165, 1.54) is 0 Å². The molecule has 2 aliphatic rings. The molecule has 0 aromatic carbocycles. The van der Waals surface area contributed by atoms with Crippen LogP contribution in [-0.2, 0) is 76.1 Å². The molecule has 102 heavy (non-hydrogen) atoms. The van der Waals surface area contributed by atoms with Crippen LogP contribution in [0, 0.1) is 0 Å². The van der Waals surface area contributed by atoms with Crippen LogP contribution in [0.2, 0.25) is 0 Å². The molecule has 0 saturated carbocycles. The van der Waals surface area contributed by atoms with Crippen molar-refractivity contribution in [2.75, 3.05) is 262 Å². The van der Waals surface area contributed by atoms with E-state index in [9.17, 15) is 49.2 Å². The van der Waals surface area contributed by atoms with Crippen LogP contribution in [0.25, 0.3) is 0 Å². The van der Waals surface area contributed by atoms with Crippen LogP contribution < -0.4 is 0 Å². The number of hydrogen-bond acceptors (Lipinski definition) is 30. The smallest absolute Gasteiger partial charge is 0.320 e. The van der Waals surface area contributed by atoms with Crippen LogP contribution >= 0.6 is 0 Å². The van der Waals surface area contributed by atoms with E-state index in [4.69, 9.17) is 47.4 Å². The molecule has 2 aliphatic heterocycles. The molecule has 2 fully saturated rings. The van der Waals surface area contributed by atoms with Gasteiger partial charge in [-0.05, 0) is 125 Å². The number of aliphatic hydroxyl groups is 4. The van der Waals surface area contributed by atoms with Gasteiger partial charge >= 0.3 is 35.8 Å². The van der Waals surface area contributed by atoms with Crippen molar-refractivity contribution in [1.29, 1.82) is 0 Å². The zero-order chi connectivity index (χ0) is 76.7. The topological polar surface area (TPSA) is 308 Å². The minimum atomic E-state index is -0.915. The highest BCUT2D eigenvalue weighted by Crippen LogP contribution is 2.16. The van der Waals surface area contributed by atoms with Gasteiger partial charge < -0.3 is 67.8 Å². The number of nitrogens with zero attached hydrogens (tertiary/aromatic N) is 10. The number of rotatable bonds is 39. The number of hydrogen-bond donors (Lipinski definition) is 4. The molecule has 0 aromatic rings. The van der Waals surface area contributed by atoms with Crippen molar-refractivity contribution in [2.45, 2.75) is 170 Å². The highest BCUT2D eigenvalue weighted by atomic mass is 16.6. The largest absolute Gasteiger partial charge is 0.459 e. The lowest BCUT2D eigenvalue weighted by Gasteiger charge is -2.36. The minimum Gasteiger partial charge on any atom is -0.459 e. The molecule has 2 heterocycles. The van der Waals surface area contributed by atoms with Crippen molar-refractivity contribution >= 4 is 35.8 Å². The monoisotopic (exact) mass is 1470 g/mol. The third-order valence-corrected chi connectivity index (χ3v) is 15.4. The van der Waals surface area contributed by atoms with Crippen molar-refractivity contribution in [3.8, 4) is 0 Å². The van der Waals surface area contributed by atoms with Gasteiger partial charge in [-0.3, -0.25) is 77.8 Å². The average Bonchev–Trinajstić information content (AvgIpc) is 0.901. The molecule has 2 saturated heterocycles. The highest BCUT2D eigenvalue weighted by Gasteiger charge is 2.31. The first-order valence-corrected chi connectivity index (χ1v) is 36.9. The molecular weight excluding hydrogens is 1320 g/mol. The Bertz CT molecular complexity index is 2090. The third-order valence-electron chi connectivity index (χ3n) is 15.4. The fraction of sp³-hybridized carbons (Fsp3) is 0.917. The second kappa shape index (κ2) is 48.4. The van der Waals surface area contributed by atoms with Crippen molar-refractivity contribution in [3.05, 3.63) is 0 Å². The summed E-state index contributed by atoms with van der Waals surface area (Å²) in [4.78, 5) is 101. The van der Waals surface area contributed by atoms with Crippen LogP contribution in [-0.4, -0.2) is 413 Å². The molecule has 0 aromatic heterocycles. The predicted molar refractivity (Wildman–Crippen MR) is 389 cm³/mol. The Balaban J connectivity index is 2.61. The Hall–Kier alpha value is -3.90. The van der Waals surface area contributed by atoms with Crippen molar-refractivity contribution in [3.63, 3.8) is 0 Å². The number of carbonyl (C=O) groups is 6. The van der Waals surface area contributed by atoms with Crippen molar-refractivity contribution in [2.24, 2.45) is 0 Å². The summed E-state index contributed by atoms with van der Waals surface area (Å²) in [5.41, 5.74) is -4.29. The molecule has 2 unspecified atom stereocenters. The summed E-state index contributed by atoms with van der Waals surface area (Å²) >= 11 is 0. The molecule has 0 amide bonds.